The molecule has 0 bridgehead atoms. The highest BCUT2D eigenvalue weighted by atomic mass is 16.5. The van der Waals surface area contributed by atoms with Crippen LogP contribution in [0.3, 0.4) is 0 Å². The molecule has 5 heterocycles. The lowest BCUT2D eigenvalue weighted by Crippen LogP contribution is -2.23. The largest absolute Gasteiger partial charge is 0.481 e. The average Bonchev–Trinajstić information content (AvgIpc) is 3.62. The summed E-state index contributed by atoms with van der Waals surface area (Å²) in [7, 11) is 1.62. The summed E-state index contributed by atoms with van der Waals surface area (Å²) >= 11 is 0. The first-order valence-corrected chi connectivity index (χ1v) is 13.2. The molecule has 0 amide bonds. The van der Waals surface area contributed by atoms with Crippen LogP contribution in [0.2, 0.25) is 0 Å². The minimum Gasteiger partial charge on any atom is -0.481 e. The average molecular weight is 508 g/mol. The Labute approximate surface area is 220 Å². The fraction of sp³-hybridized carbons (Fsp3) is 0.310. The van der Waals surface area contributed by atoms with Crippen molar-refractivity contribution in [3.63, 3.8) is 0 Å². The quantitative estimate of drug-likeness (QED) is 0.369. The molecular weight excluding hydrogens is 478 g/mol. The molecule has 0 spiro atoms. The van der Waals surface area contributed by atoms with Gasteiger partial charge >= 0.3 is 0 Å². The molecule has 2 aliphatic heterocycles. The summed E-state index contributed by atoms with van der Waals surface area (Å²) in [6.45, 7) is 2.65. The van der Waals surface area contributed by atoms with Gasteiger partial charge < -0.3 is 14.8 Å². The summed E-state index contributed by atoms with van der Waals surface area (Å²) < 4.78 is 15.2. The maximum Gasteiger partial charge on any atom is 0.212 e. The Morgan fingerprint density at radius 1 is 1.03 bits per heavy atom. The number of ether oxygens (including phenoxy) is 2. The maximum absolute atomic E-state index is 6.12. The molecule has 5 aromatic rings. The van der Waals surface area contributed by atoms with E-state index in [4.69, 9.17) is 14.6 Å². The van der Waals surface area contributed by atoms with Crippen molar-refractivity contribution in [3.05, 3.63) is 72.1 Å². The summed E-state index contributed by atoms with van der Waals surface area (Å²) in [5.74, 6) is 0.590. The molecule has 1 atom stereocenters. The molecule has 0 saturated carbocycles. The van der Waals surface area contributed by atoms with Gasteiger partial charge in [0.1, 0.15) is 11.4 Å². The van der Waals surface area contributed by atoms with E-state index in [0.29, 0.717) is 5.88 Å². The fourth-order valence-corrected chi connectivity index (χ4v) is 5.43. The van der Waals surface area contributed by atoms with Gasteiger partial charge in [-0.25, -0.2) is 14.3 Å². The lowest BCUT2D eigenvalue weighted by Gasteiger charge is -2.23. The van der Waals surface area contributed by atoms with Crippen molar-refractivity contribution < 1.29 is 9.47 Å². The van der Waals surface area contributed by atoms with E-state index < -0.39 is 0 Å². The highest BCUT2D eigenvalue weighted by molar-refractivity contribution is 5.95. The number of nitrogens with one attached hydrogen (secondary N) is 1. The highest BCUT2D eigenvalue weighted by Gasteiger charge is 2.23. The molecule has 1 saturated heterocycles. The third-order valence-corrected chi connectivity index (χ3v) is 7.49. The van der Waals surface area contributed by atoms with Gasteiger partial charge in [-0.15, -0.1) is 5.10 Å². The minimum atomic E-state index is -0.0864. The molecule has 1 unspecified atom stereocenters. The summed E-state index contributed by atoms with van der Waals surface area (Å²) in [6.07, 6.45) is 7.91. The van der Waals surface area contributed by atoms with Gasteiger partial charge in [-0.1, -0.05) is 17.3 Å². The van der Waals surface area contributed by atoms with Gasteiger partial charge in [-0.05, 0) is 79.3 Å². The van der Waals surface area contributed by atoms with Gasteiger partial charge in [-0.2, -0.15) is 5.10 Å². The van der Waals surface area contributed by atoms with Crippen LogP contribution in [-0.2, 0) is 17.7 Å². The highest BCUT2D eigenvalue weighted by Crippen LogP contribution is 2.35. The Balaban J connectivity index is 1.32. The van der Waals surface area contributed by atoms with E-state index in [0.717, 1.165) is 84.5 Å². The molecule has 38 heavy (non-hydrogen) atoms. The van der Waals surface area contributed by atoms with Crippen molar-refractivity contribution in [2.75, 3.05) is 20.3 Å². The molecule has 3 aromatic heterocycles. The van der Waals surface area contributed by atoms with Crippen molar-refractivity contribution in [1.82, 2.24) is 35.1 Å². The van der Waals surface area contributed by atoms with Crippen LogP contribution in [0.4, 0.5) is 0 Å². The lowest BCUT2D eigenvalue weighted by molar-refractivity contribution is -0.0365. The van der Waals surface area contributed by atoms with Gasteiger partial charge in [0.05, 0.1) is 24.5 Å². The standard InChI is InChI=1S/C29H29N7O2/c1-37-27-10-7-21(17-31-27)20-6-9-26-24(15-20)29(33-36(26)28-4-2-3-13-38-28)25-18-35(34-32-25)23-8-5-19-11-12-30-16-22(19)14-23/h5-10,14-15,17-18,28,30H,2-4,11-13,16H2,1H3. The second-order valence-corrected chi connectivity index (χ2v) is 9.86. The Bertz CT molecular complexity index is 1600. The number of rotatable bonds is 5. The molecule has 1 N–H and O–H groups in total. The smallest absolute Gasteiger partial charge is 0.212 e. The van der Waals surface area contributed by atoms with Crippen molar-refractivity contribution >= 4 is 10.9 Å². The Morgan fingerprint density at radius 3 is 2.82 bits per heavy atom. The van der Waals surface area contributed by atoms with Crippen LogP contribution in [0.1, 0.15) is 36.6 Å². The first-order chi connectivity index (χ1) is 18.8. The van der Waals surface area contributed by atoms with Crippen LogP contribution in [0.25, 0.3) is 39.1 Å². The van der Waals surface area contributed by atoms with E-state index in [2.05, 4.69) is 57.0 Å². The normalized spacial score (nSPS) is 17.4. The van der Waals surface area contributed by atoms with Crippen molar-refractivity contribution in [1.29, 1.82) is 0 Å². The number of fused-ring (bicyclic) bond motifs is 2. The number of pyridine rings is 1. The predicted molar refractivity (Wildman–Crippen MR) is 144 cm³/mol. The summed E-state index contributed by atoms with van der Waals surface area (Å²) in [5.41, 5.74) is 8.30. The first-order valence-electron chi connectivity index (χ1n) is 13.2. The Hall–Kier alpha value is -4.08. The van der Waals surface area contributed by atoms with Crippen LogP contribution in [0.15, 0.2) is 60.9 Å². The zero-order valence-electron chi connectivity index (χ0n) is 21.3. The van der Waals surface area contributed by atoms with Gasteiger partial charge in [0, 0.05) is 36.4 Å². The molecule has 7 rings (SSSR count). The Morgan fingerprint density at radius 2 is 1.97 bits per heavy atom. The topological polar surface area (TPSA) is 91.9 Å². The van der Waals surface area contributed by atoms with Crippen molar-refractivity contribution in [3.8, 4) is 34.1 Å². The van der Waals surface area contributed by atoms with Gasteiger partial charge in [0.15, 0.2) is 6.23 Å². The van der Waals surface area contributed by atoms with Crippen LogP contribution >= 0.6 is 0 Å². The number of hydrogen-bond donors (Lipinski definition) is 1. The third-order valence-electron chi connectivity index (χ3n) is 7.49. The summed E-state index contributed by atoms with van der Waals surface area (Å²) in [5, 5.41) is 18.6. The van der Waals surface area contributed by atoms with Crippen molar-refractivity contribution in [2.45, 2.75) is 38.5 Å². The zero-order valence-corrected chi connectivity index (χ0v) is 21.3. The van der Waals surface area contributed by atoms with Crippen LogP contribution in [-0.4, -0.2) is 50.0 Å². The number of methoxy groups -OCH3 is 1. The number of hydrogen-bond acceptors (Lipinski definition) is 7. The van der Waals surface area contributed by atoms with Crippen LogP contribution < -0.4 is 10.1 Å². The third kappa shape index (κ3) is 4.13. The molecule has 192 valence electrons. The molecule has 9 nitrogen and oxygen atoms in total. The van der Waals surface area contributed by atoms with E-state index in [1.165, 1.54) is 11.1 Å². The molecule has 1 fully saturated rings. The van der Waals surface area contributed by atoms with Crippen LogP contribution in [0.5, 0.6) is 5.88 Å². The van der Waals surface area contributed by atoms with E-state index in [-0.39, 0.29) is 6.23 Å². The number of aromatic nitrogens is 6. The molecular formula is C29H29N7O2. The molecule has 2 aliphatic rings. The molecule has 9 heteroatoms. The molecule has 2 aromatic carbocycles. The summed E-state index contributed by atoms with van der Waals surface area (Å²) in [4.78, 5) is 4.39. The van der Waals surface area contributed by atoms with E-state index in [1.807, 2.05) is 33.9 Å². The van der Waals surface area contributed by atoms with Gasteiger partial charge in [-0.3, -0.25) is 0 Å². The first kappa shape index (κ1) is 23.1. The zero-order chi connectivity index (χ0) is 25.5. The van der Waals surface area contributed by atoms with E-state index in [1.54, 1.807) is 7.11 Å². The lowest BCUT2D eigenvalue weighted by atomic mass is 10.0. The second-order valence-electron chi connectivity index (χ2n) is 9.86. The summed E-state index contributed by atoms with van der Waals surface area (Å²) in [6, 6.07) is 16.8. The van der Waals surface area contributed by atoms with Crippen LogP contribution in [0, 0.1) is 0 Å². The van der Waals surface area contributed by atoms with Crippen molar-refractivity contribution in [2.24, 2.45) is 0 Å². The minimum absolute atomic E-state index is 0.0864. The van der Waals surface area contributed by atoms with Gasteiger partial charge in [0.2, 0.25) is 5.88 Å². The predicted octanol–water partition coefficient (Wildman–Crippen LogP) is 4.70. The fourth-order valence-electron chi connectivity index (χ4n) is 5.43. The van der Waals surface area contributed by atoms with E-state index in [9.17, 15) is 0 Å². The SMILES string of the molecule is COc1ccc(-c2ccc3c(c2)c(-c2cn(-c4ccc5c(c4)CNCC5)nn2)nn3C2CCCCO2)cn1. The monoisotopic (exact) mass is 507 g/mol. The molecule has 0 aliphatic carbocycles. The molecule has 0 radical (unpaired) electrons. The Kier molecular flexibility index (Phi) is 5.87. The maximum atomic E-state index is 6.12. The van der Waals surface area contributed by atoms with Gasteiger partial charge in [0.25, 0.3) is 0 Å². The number of nitrogens with zero attached hydrogens (tertiary/aromatic N) is 6. The van der Waals surface area contributed by atoms with E-state index >= 15 is 0 Å². The second kappa shape index (κ2) is 9.66. The number of benzene rings is 2.